The fourth-order valence-corrected chi connectivity index (χ4v) is 8.57. The van der Waals surface area contributed by atoms with E-state index in [4.69, 9.17) is 0 Å². The van der Waals surface area contributed by atoms with Crippen molar-refractivity contribution in [1.82, 2.24) is 0 Å². The molecular formula is C27H44F2O. The molecule has 9 atom stereocenters. The molecule has 0 bridgehead atoms. The standard InChI is InChI=1S/C27H44F2O/c1-17(6-11-24(28)25(2,3)29)21-9-10-22-20-8-7-18-16-19(30)12-14-26(18,4)23(20)13-15-27(21,22)5/h7,17,19-24,30H,6,8-16H2,1-5H3/t17-,19+,20+,21-,22+,23+,24?,26+,27-/m1/s1. The molecule has 0 radical (unpaired) electrons. The quantitative estimate of drug-likeness (QED) is 0.457. The molecule has 0 aromatic carbocycles. The van der Waals surface area contributed by atoms with Gasteiger partial charge in [-0.1, -0.05) is 32.4 Å². The van der Waals surface area contributed by atoms with E-state index in [1.54, 1.807) is 0 Å². The van der Waals surface area contributed by atoms with Crippen LogP contribution in [-0.2, 0) is 0 Å². The minimum absolute atomic E-state index is 0.139. The summed E-state index contributed by atoms with van der Waals surface area (Å²) in [6.45, 7) is 10.0. The molecule has 3 saturated carbocycles. The lowest BCUT2D eigenvalue weighted by Gasteiger charge is -2.58. The largest absolute Gasteiger partial charge is 0.393 e. The summed E-state index contributed by atoms with van der Waals surface area (Å²) >= 11 is 0. The minimum atomic E-state index is -1.73. The summed E-state index contributed by atoms with van der Waals surface area (Å²) in [4.78, 5) is 0. The van der Waals surface area contributed by atoms with Gasteiger partial charge >= 0.3 is 0 Å². The van der Waals surface area contributed by atoms with E-state index in [0.29, 0.717) is 29.1 Å². The van der Waals surface area contributed by atoms with Crippen LogP contribution in [0.3, 0.4) is 0 Å². The predicted octanol–water partition coefficient (Wildman–Crippen LogP) is 7.43. The number of halogens is 2. The SMILES string of the molecule is C[C@H](CCC(F)C(C)(C)F)[C@H]1CC[C@H]2[C@@H]3CC=C4C[C@@H](O)CC[C@]4(C)[C@H]3CC[C@]12C. The van der Waals surface area contributed by atoms with Gasteiger partial charge in [-0.15, -0.1) is 0 Å². The minimum Gasteiger partial charge on any atom is -0.393 e. The first-order chi connectivity index (χ1) is 14.0. The van der Waals surface area contributed by atoms with E-state index in [-0.39, 0.29) is 6.10 Å². The fourth-order valence-electron chi connectivity index (χ4n) is 8.57. The second kappa shape index (κ2) is 7.85. The molecule has 172 valence electrons. The summed E-state index contributed by atoms with van der Waals surface area (Å²) in [5.41, 5.74) is 0.459. The third-order valence-electron chi connectivity index (χ3n) is 10.5. The molecule has 30 heavy (non-hydrogen) atoms. The molecule has 1 unspecified atom stereocenters. The van der Waals surface area contributed by atoms with Gasteiger partial charge in [-0.05, 0) is 118 Å². The van der Waals surface area contributed by atoms with Crippen molar-refractivity contribution in [3.63, 3.8) is 0 Å². The first kappa shape index (κ1) is 22.7. The second-order valence-electron chi connectivity index (χ2n) is 12.5. The highest BCUT2D eigenvalue weighted by atomic mass is 19.2. The fraction of sp³-hybridized carbons (Fsp3) is 0.926. The summed E-state index contributed by atoms with van der Waals surface area (Å²) in [5.74, 6) is 3.41. The number of hydrogen-bond acceptors (Lipinski definition) is 1. The smallest absolute Gasteiger partial charge is 0.136 e. The monoisotopic (exact) mass is 422 g/mol. The number of aliphatic hydroxyl groups excluding tert-OH is 1. The maximum absolute atomic E-state index is 14.2. The Morgan fingerprint density at radius 3 is 2.53 bits per heavy atom. The summed E-state index contributed by atoms with van der Waals surface area (Å²) in [7, 11) is 0. The average Bonchev–Trinajstić information content (AvgIpc) is 3.03. The van der Waals surface area contributed by atoms with Crippen LogP contribution in [0.5, 0.6) is 0 Å². The summed E-state index contributed by atoms with van der Waals surface area (Å²) in [5, 5.41) is 10.2. The Hall–Kier alpha value is -0.440. The maximum Gasteiger partial charge on any atom is 0.136 e. The summed E-state index contributed by atoms with van der Waals surface area (Å²) in [6, 6.07) is 0. The Kier molecular flexibility index (Phi) is 5.95. The summed E-state index contributed by atoms with van der Waals surface area (Å²) < 4.78 is 28.2. The predicted molar refractivity (Wildman–Crippen MR) is 120 cm³/mol. The highest BCUT2D eigenvalue weighted by Gasteiger charge is 2.59. The van der Waals surface area contributed by atoms with E-state index in [0.717, 1.165) is 43.4 Å². The van der Waals surface area contributed by atoms with Gasteiger partial charge in [0.25, 0.3) is 0 Å². The van der Waals surface area contributed by atoms with Crippen molar-refractivity contribution in [3.05, 3.63) is 11.6 Å². The zero-order chi connectivity index (χ0) is 21.9. The van der Waals surface area contributed by atoms with Crippen molar-refractivity contribution in [3.8, 4) is 0 Å². The van der Waals surface area contributed by atoms with E-state index < -0.39 is 11.8 Å². The van der Waals surface area contributed by atoms with Crippen molar-refractivity contribution in [2.24, 2.45) is 40.4 Å². The van der Waals surface area contributed by atoms with Crippen LogP contribution in [0, 0.1) is 40.4 Å². The third kappa shape index (κ3) is 3.69. The number of rotatable bonds is 5. The molecule has 0 spiro atoms. The Morgan fingerprint density at radius 1 is 1.10 bits per heavy atom. The zero-order valence-corrected chi connectivity index (χ0v) is 19.9. The van der Waals surface area contributed by atoms with E-state index in [1.165, 1.54) is 51.5 Å². The molecular weight excluding hydrogens is 378 g/mol. The van der Waals surface area contributed by atoms with Gasteiger partial charge in [0.15, 0.2) is 0 Å². The number of fused-ring (bicyclic) bond motifs is 5. The van der Waals surface area contributed by atoms with Crippen molar-refractivity contribution in [2.75, 3.05) is 0 Å². The van der Waals surface area contributed by atoms with Crippen LogP contribution < -0.4 is 0 Å². The average molecular weight is 423 g/mol. The molecule has 0 aliphatic heterocycles. The molecule has 3 heteroatoms. The van der Waals surface area contributed by atoms with E-state index in [2.05, 4.69) is 26.8 Å². The Morgan fingerprint density at radius 2 is 1.83 bits per heavy atom. The maximum atomic E-state index is 14.2. The molecule has 0 aromatic rings. The van der Waals surface area contributed by atoms with Crippen LogP contribution in [0.2, 0.25) is 0 Å². The molecule has 0 saturated heterocycles. The lowest BCUT2D eigenvalue weighted by molar-refractivity contribution is -0.0579. The molecule has 0 heterocycles. The van der Waals surface area contributed by atoms with Crippen LogP contribution in [0.4, 0.5) is 8.78 Å². The van der Waals surface area contributed by atoms with Gasteiger partial charge in [0.05, 0.1) is 6.10 Å². The Labute approximate surface area is 183 Å². The van der Waals surface area contributed by atoms with Crippen molar-refractivity contribution < 1.29 is 13.9 Å². The number of aliphatic hydroxyl groups is 1. The van der Waals surface area contributed by atoms with Crippen LogP contribution >= 0.6 is 0 Å². The van der Waals surface area contributed by atoms with Crippen molar-refractivity contribution in [2.45, 2.75) is 117 Å². The van der Waals surface area contributed by atoms with Gasteiger partial charge in [-0.25, -0.2) is 8.78 Å². The Bertz CT molecular complexity index is 666. The lowest BCUT2D eigenvalue weighted by atomic mass is 9.47. The van der Waals surface area contributed by atoms with Crippen LogP contribution in [0.15, 0.2) is 11.6 Å². The molecule has 4 aliphatic rings. The van der Waals surface area contributed by atoms with Gasteiger partial charge in [-0.3, -0.25) is 0 Å². The first-order valence-corrected chi connectivity index (χ1v) is 12.7. The van der Waals surface area contributed by atoms with Gasteiger partial charge in [0.1, 0.15) is 11.8 Å². The van der Waals surface area contributed by atoms with Crippen LogP contribution in [-0.4, -0.2) is 23.1 Å². The first-order valence-electron chi connectivity index (χ1n) is 12.7. The number of allylic oxidation sites excluding steroid dienone is 1. The van der Waals surface area contributed by atoms with Gasteiger partial charge in [0.2, 0.25) is 0 Å². The van der Waals surface area contributed by atoms with Gasteiger partial charge in [-0.2, -0.15) is 0 Å². The molecule has 4 rings (SSSR count). The third-order valence-corrected chi connectivity index (χ3v) is 10.5. The molecule has 0 amide bonds. The molecule has 3 fully saturated rings. The number of hydrogen-bond donors (Lipinski definition) is 1. The molecule has 0 aromatic heterocycles. The van der Waals surface area contributed by atoms with E-state index in [1.807, 2.05) is 0 Å². The van der Waals surface area contributed by atoms with Crippen LogP contribution in [0.1, 0.15) is 98.8 Å². The van der Waals surface area contributed by atoms with Gasteiger partial charge < -0.3 is 5.11 Å². The van der Waals surface area contributed by atoms with Gasteiger partial charge in [0, 0.05) is 0 Å². The zero-order valence-electron chi connectivity index (χ0n) is 19.9. The van der Waals surface area contributed by atoms with E-state index in [9.17, 15) is 13.9 Å². The molecule has 1 nitrogen and oxygen atoms in total. The second-order valence-corrected chi connectivity index (χ2v) is 12.5. The summed E-state index contributed by atoms with van der Waals surface area (Å²) in [6.07, 6.45) is 11.5. The highest BCUT2D eigenvalue weighted by molar-refractivity contribution is 5.25. The van der Waals surface area contributed by atoms with Crippen molar-refractivity contribution in [1.29, 1.82) is 0 Å². The lowest BCUT2D eigenvalue weighted by Crippen LogP contribution is -2.50. The highest BCUT2D eigenvalue weighted by Crippen LogP contribution is 2.67. The van der Waals surface area contributed by atoms with Crippen LogP contribution in [0.25, 0.3) is 0 Å². The molecule has 4 aliphatic carbocycles. The normalized spacial score (nSPS) is 45.7. The Balaban J connectivity index is 1.47. The van der Waals surface area contributed by atoms with Crippen molar-refractivity contribution >= 4 is 0 Å². The molecule has 1 N–H and O–H groups in total. The van der Waals surface area contributed by atoms with E-state index >= 15 is 0 Å². The topological polar surface area (TPSA) is 20.2 Å². The number of alkyl halides is 2.